The van der Waals surface area contributed by atoms with Gasteiger partial charge in [0.25, 0.3) is 20.4 Å². The number of hydrogen-bond acceptors (Lipinski definition) is 21. The molecule has 0 bridgehead atoms. The monoisotopic (exact) mass is 1220 g/mol. The molecule has 473 valence electrons. The molecule has 10 aromatic rings. The Hall–Kier alpha value is -9.30. The van der Waals surface area contributed by atoms with Gasteiger partial charge in [0.05, 0.1) is 64.5 Å². The second-order valence-corrected chi connectivity index (χ2v) is 20.4. The van der Waals surface area contributed by atoms with Crippen molar-refractivity contribution in [1.82, 2.24) is 55.3 Å². The minimum atomic E-state index is -0.215. The van der Waals surface area contributed by atoms with E-state index >= 15 is 0 Å². The number of amides is 1. The van der Waals surface area contributed by atoms with Crippen LogP contribution in [0.2, 0.25) is 0 Å². The van der Waals surface area contributed by atoms with Gasteiger partial charge in [0, 0.05) is 71.6 Å². The number of ether oxygens (including phenoxy) is 7. The Labute approximate surface area is 520 Å². The van der Waals surface area contributed by atoms with Crippen molar-refractivity contribution >= 4 is 64.3 Å². The summed E-state index contributed by atoms with van der Waals surface area (Å²) in [6.07, 6.45) is 0. The maximum absolute atomic E-state index is 13.1. The van der Waals surface area contributed by atoms with E-state index in [2.05, 4.69) is 35.5 Å². The van der Waals surface area contributed by atoms with Crippen LogP contribution in [0.1, 0.15) is 73.6 Å². The molecular weight excluding hydrogens is 1140 g/mol. The lowest BCUT2D eigenvalue weighted by Crippen LogP contribution is -2.32. The van der Waals surface area contributed by atoms with E-state index in [1.54, 1.807) is 26.4 Å². The summed E-state index contributed by atoms with van der Waals surface area (Å²) in [7, 11) is 11.5. The Kier molecular flexibility index (Phi) is 23.1. The van der Waals surface area contributed by atoms with E-state index in [-0.39, 0.29) is 34.5 Å². The first kappa shape index (κ1) is 67.2. The van der Waals surface area contributed by atoms with Crippen molar-refractivity contribution in [3.05, 3.63) is 88.7 Å². The molecule has 1 amide bonds. The summed E-state index contributed by atoms with van der Waals surface area (Å²) < 4.78 is 57.1. The molecule has 0 atom stereocenters. The number of methoxy groups -OCH3 is 2. The van der Waals surface area contributed by atoms with E-state index in [0.29, 0.717) is 131 Å². The van der Waals surface area contributed by atoms with Crippen molar-refractivity contribution in [3.8, 4) is 85.0 Å². The van der Waals surface area contributed by atoms with Crippen molar-refractivity contribution in [2.75, 3.05) is 95.0 Å². The SMILES string of the molecule is C.C.CC.CN(C)CCN.COc1cc2c(cc1-c1c(C)noc1C)[nH]c1nc(C)nc(-c3ccc(C(=O)NCCN(C)C)c4c3OCCO4)c12.COc1cc2c(cc1-c1c(C)noc1C)[nH]c1nc(C)nc(-c3ccc(OC=O)c4c3OCCO4)c12.[3H][B]O. The molecule has 1 radical (unpaired) electrons. The summed E-state index contributed by atoms with van der Waals surface area (Å²) in [4.78, 5) is 54.1. The smallest absolute Gasteiger partial charge is 0.298 e. The fourth-order valence-corrected chi connectivity index (χ4v) is 10.4. The highest BCUT2D eigenvalue weighted by Gasteiger charge is 2.30. The zero-order valence-corrected chi connectivity index (χ0v) is 51.5. The van der Waals surface area contributed by atoms with E-state index in [9.17, 15) is 9.59 Å². The number of aromatic nitrogens is 8. The van der Waals surface area contributed by atoms with Crippen LogP contribution in [-0.2, 0) is 4.79 Å². The number of rotatable bonds is 14. The highest BCUT2D eigenvalue weighted by Crippen LogP contribution is 2.50. The van der Waals surface area contributed by atoms with Crippen LogP contribution in [0.3, 0.4) is 0 Å². The zero-order chi connectivity index (χ0) is 63.5. The van der Waals surface area contributed by atoms with Gasteiger partial charge < -0.3 is 78.0 Å². The third kappa shape index (κ3) is 14.2. The lowest BCUT2D eigenvalue weighted by molar-refractivity contribution is -0.120. The molecule has 25 heteroatoms. The summed E-state index contributed by atoms with van der Waals surface area (Å²) >= 11 is 0. The lowest BCUT2D eigenvalue weighted by Gasteiger charge is -2.23. The minimum Gasteiger partial charge on any atom is -0.496 e. The van der Waals surface area contributed by atoms with Crippen LogP contribution in [0.15, 0.2) is 57.6 Å². The number of fused-ring (bicyclic) bond motifs is 8. The molecular formula is C64H82BN12O12. The number of benzene rings is 4. The average Bonchev–Trinajstić information content (AvgIpc) is 1.54. The van der Waals surface area contributed by atoms with Crippen molar-refractivity contribution in [2.24, 2.45) is 5.73 Å². The molecule has 4 aromatic carbocycles. The molecule has 24 nitrogen and oxygen atoms in total. The predicted molar refractivity (Wildman–Crippen MR) is 348 cm³/mol. The van der Waals surface area contributed by atoms with Crippen LogP contribution in [0.25, 0.3) is 88.6 Å². The van der Waals surface area contributed by atoms with Crippen LogP contribution >= 0.6 is 0 Å². The summed E-state index contributed by atoms with van der Waals surface area (Å²) in [6.45, 7) is 20.0. The molecule has 6 N–H and O–H groups in total. The van der Waals surface area contributed by atoms with Gasteiger partial charge in [0.15, 0.2) is 23.0 Å². The standard InChI is InChI=1S/C30H32N6O5.C26H22N4O6.C4H12N2.C2H6.2CH4.BH2O/c1-15-24(16(2)41-35-15)21-13-22-20(14-23(21)38-6)25-26(32-17(3)33-29(25)34-22)18-7-8-19(28-27(18)39-11-12-40-28)30(37)31-9-10-36(4)5;1-12-21(13(2)36-30-12)17-9-18-16(10-20(17)32-4)22-23(27-14(3)28-26(22)29-18)15-5-6-19(35-11-31)25-24(15)33-7-8-34-25;1-6(2)4-3-5;1-2;;;1-2/h7-8,13-14H,9-12H2,1-6H3,(H,31,37)(H,32,33,34);5-6,9-11H,7-8H2,1-4H3,(H,27,28,29);3-5H2,1-2H3;1-2H3;2*1H4;1-2H/i;;;;;;1T. The number of carbonyl (C=O) groups excluding carboxylic acids is 2. The normalized spacial score (nSPS) is 12.0. The van der Waals surface area contributed by atoms with Gasteiger partial charge in [-0.3, -0.25) is 9.59 Å². The first-order valence-electron chi connectivity index (χ1n) is 28.7. The average molecular weight is 1220 g/mol. The van der Waals surface area contributed by atoms with Gasteiger partial charge in [-0.15, -0.1) is 0 Å². The molecule has 0 fully saturated rings. The Morgan fingerprint density at radius 1 is 0.663 bits per heavy atom. The summed E-state index contributed by atoms with van der Waals surface area (Å²) in [5.74, 6) is 5.74. The number of nitrogens with zero attached hydrogens (tertiary/aromatic N) is 8. The van der Waals surface area contributed by atoms with Crippen molar-refractivity contribution < 1.29 is 56.8 Å². The molecule has 0 saturated heterocycles. The summed E-state index contributed by atoms with van der Waals surface area (Å²) in [5, 5.41) is 21.7. The van der Waals surface area contributed by atoms with Gasteiger partial charge in [-0.1, -0.05) is 39.0 Å². The van der Waals surface area contributed by atoms with Gasteiger partial charge in [-0.05, 0) is 118 Å². The molecule has 8 heterocycles. The van der Waals surface area contributed by atoms with Gasteiger partial charge >= 0.3 is 0 Å². The number of likely N-dealkylation sites (N-methyl/N-ethyl adjacent to an activating group) is 2. The number of aryl methyl sites for hydroxylation is 6. The van der Waals surface area contributed by atoms with Crippen LogP contribution in [0.5, 0.6) is 40.2 Å². The van der Waals surface area contributed by atoms with Gasteiger partial charge in [-0.25, -0.2) is 19.9 Å². The van der Waals surface area contributed by atoms with Crippen LogP contribution in [-0.4, -0.2) is 172 Å². The molecule has 0 saturated carbocycles. The zero-order valence-electron chi connectivity index (χ0n) is 52.5. The highest BCUT2D eigenvalue weighted by atomic mass is 16.6. The van der Waals surface area contributed by atoms with Gasteiger partial charge in [0.2, 0.25) is 5.75 Å². The van der Waals surface area contributed by atoms with E-state index < -0.39 is 0 Å². The molecule has 0 aliphatic carbocycles. The van der Waals surface area contributed by atoms with Crippen molar-refractivity contribution in [1.29, 1.82) is 1.34 Å². The molecule has 12 rings (SSSR count). The van der Waals surface area contributed by atoms with E-state index in [1.807, 2.05) is 125 Å². The van der Waals surface area contributed by atoms with Crippen LogP contribution in [0, 0.1) is 41.5 Å². The van der Waals surface area contributed by atoms with Crippen LogP contribution < -0.4 is 44.2 Å². The third-order valence-corrected chi connectivity index (χ3v) is 14.1. The topological polar surface area (TPSA) is 299 Å². The first-order chi connectivity index (χ1) is 42.4. The molecule has 89 heavy (non-hydrogen) atoms. The van der Waals surface area contributed by atoms with Gasteiger partial charge in [0.1, 0.15) is 72.4 Å². The molecule has 6 aromatic heterocycles. The minimum absolute atomic E-state index is 0. The maximum Gasteiger partial charge on any atom is 0.298 e. The quantitative estimate of drug-likeness (QED) is 0.0500. The second-order valence-electron chi connectivity index (χ2n) is 20.4. The molecule has 0 unspecified atom stereocenters. The van der Waals surface area contributed by atoms with Gasteiger partial charge in [-0.2, -0.15) is 0 Å². The number of hydrogen-bond donors (Lipinski definition) is 5. The number of nitrogens with two attached hydrogens (primary N) is 1. The summed E-state index contributed by atoms with van der Waals surface area (Å²) in [5.41, 5.74) is 16.5. The second kappa shape index (κ2) is 30.6. The number of aromatic amines is 2. The highest BCUT2D eigenvalue weighted by molar-refractivity contribution is 6.16. The Morgan fingerprint density at radius 2 is 1.10 bits per heavy atom. The third-order valence-electron chi connectivity index (χ3n) is 14.1. The molecule has 0 spiro atoms. The Morgan fingerprint density at radius 3 is 1.51 bits per heavy atom. The van der Waals surface area contributed by atoms with E-state index in [4.69, 9.17) is 69.2 Å². The first-order valence-corrected chi connectivity index (χ1v) is 28.2. The fourth-order valence-electron chi connectivity index (χ4n) is 10.4. The Balaban J connectivity index is 0.000000243. The van der Waals surface area contributed by atoms with Crippen LogP contribution in [0.4, 0.5) is 0 Å². The summed E-state index contributed by atoms with van der Waals surface area (Å²) in [6, 6.07) is 15.1. The van der Waals surface area contributed by atoms with Crippen molar-refractivity contribution in [2.45, 2.75) is 70.2 Å². The number of carbonyl (C=O) groups is 2. The fraction of sp³-hybridized carbons (Fsp3) is 0.375. The number of nitrogens with one attached hydrogen (secondary N) is 3. The van der Waals surface area contributed by atoms with E-state index in [0.717, 1.165) is 91.4 Å². The number of H-pyrrole nitrogens is 2. The van der Waals surface area contributed by atoms with E-state index in [1.165, 1.54) is 0 Å². The maximum atomic E-state index is 13.1. The molecule has 2 aliphatic rings. The van der Waals surface area contributed by atoms with Crippen molar-refractivity contribution in [3.63, 3.8) is 0 Å². The Bertz CT molecular complexity index is 4090. The predicted octanol–water partition coefficient (Wildman–Crippen LogP) is 9.70. The largest absolute Gasteiger partial charge is 0.496 e. The lowest BCUT2D eigenvalue weighted by atomic mass is 9.98. The molecule has 2 aliphatic heterocycles.